The van der Waals surface area contributed by atoms with Gasteiger partial charge in [-0.25, -0.2) is 4.39 Å². The van der Waals surface area contributed by atoms with Crippen LogP contribution in [0.2, 0.25) is 0 Å². The standard InChI is InChI=1S/C15H24FNO/c1-11-6-7-13(12(2)14(11)16)10-17(5)9-8-15(3,4)18/h6-7,18H,8-10H2,1-5H3. The third kappa shape index (κ3) is 4.39. The van der Waals surface area contributed by atoms with E-state index in [1.807, 2.05) is 26.1 Å². The zero-order valence-corrected chi connectivity index (χ0v) is 12.0. The highest BCUT2D eigenvalue weighted by Gasteiger charge is 2.14. The van der Waals surface area contributed by atoms with Crippen LogP contribution in [-0.4, -0.2) is 29.2 Å². The summed E-state index contributed by atoms with van der Waals surface area (Å²) in [6, 6.07) is 3.80. The molecule has 0 spiro atoms. The van der Waals surface area contributed by atoms with Crippen LogP contribution in [0.1, 0.15) is 37.0 Å². The molecule has 1 rings (SSSR count). The second-order valence-corrected chi connectivity index (χ2v) is 5.78. The van der Waals surface area contributed by atoms with Crippen molar-refractivity contribution in [2.45, 2.75) is 46.3 Å². The van der Waals surface area contributed by atoms with Crippen LogP contribution in [0.15, 0.2) is 12.1 Å². The SMILES string of the molecule is Cc1ccc(CN(C)CCC(C)(C)O)c(C)c1F. The maximum Gasteiger partial charge on any atom is 0.129 e. The molecule has 0 aliphatic heterocycles. The molecule has 0 radical (unpaired) electrons. The second-order valence-electron chi connectivity index (χ2n) is 5.78. The molecule has 3 heteroatoms. The molecular weight excluding hydrogens is 229 g/mol. The Morgan fingerprint density at radius 1 is 1.28 bits per heavy atom. The van der Waals surface area contributed by atoms with Crippen LogP contribution in [0.4, 0.5) is 4.39 Å². The minimum absolute atomic E-state index is 0.108. The number of nitrogens with zero attached hydrogens (tertiary/aromatic N) is 1. The van der Waals surface area contributed by atoms with Crippen LogP contribution in [0.3, 0.4) is 0 Å². The monoisotopic (exact) mass is 253 g/mol. The van der Waals surface area contributed by atoms with Crippen molar-refractivity contribution in [1.29, 1.82) is 0 Å². The molecule has 0 aliphatic carbocycles. The molecule has 1 aromatic rings. The third-order valence-electron chi connectivity index (χ3n) is 3.24. The van der Waals surface area contributed by atoms with E-state index in [0.29, 0.717) is 18.5 Å². The summed E-state index contributed by atoms with van der Waals surface area (Å²) in [6.45, 7) is 8.71. The van der Waals surface area contributed by atoms with E-state index in [-0.39, 0.29) is 5.82 Å². The van der Waals surface area contributed by atoms with E-state index in [1.54, 1.807) is 20.8 Å². The van der Waals surface area contributed by atoms with Gasteiger partial charge < -0.3 is 10.0 Å². The normalized spacial score (nSPS) is 12.2. The van der Waals surface area contributed by atoms with Crippen molar-refractivity contribution in [3.8, 4) is 0 Å². The summed E-state index contributed by atoms with van der Waals surface area (Å²) in [6.07, 6.45) is 0.705. The first kappa shape index (κ1) is 15.1. The van der Waals surface area contributed by atoms with E-state index in [1.165, 1.54) is 0 Å². The number of aryl methyl sites for hydroxylation is 1. The van der Waals surface area contributed by atoms with Gasteiger partial charge in [-0.3, -0.25) is 0 Å². The molecular formula is C15H24FNO. The van der Waals surface area contributed by atoms with Crippen molar-refractivity contribution in [3.05, 3.63) is 34.6 Å². The number of benzene rings is 1. The fraction of sp³-hybridized carbons (Fsp3) is 0.600. The molecule has 0 aliphatic rings. The van der Waals surface area contributed by atoms with E-state index in [0.717, 1.165) is 17.7 Å². The predicted molar refractivity (Wildman–Crippen MR) is 73.1 cm³/mol. The Morgan fingerprint density at radius 2 is 1.89 bits per heavy atom. The average molecular weight is 253 g/mol. The lowest BCUT2D eigenvalue weighted by atomic mass is 10.0. The summed E-state index contributed by atoms with van der Waals surface area (Å²) >= 11 is 0. The van der Waals surface area contributed by atoms with Gasteiger partial charge in [-0.2, -0.15) is 0 Å². The van der Waals surface area contributed by atoms with Gasteiger partial charge in [0, 0.05) is 13.1 Å². The Kier molecular flexibility index (Phi) is 4.88. The van der Waals surface area contributed by atoms with Crippen molar-refractivity contribution in [2.75, 3.05) is 13.6 Å². The molecule has 102 valence electrons. The molecule has 0 amide bonds. The quantitative estimate of drug-likeness (QED) is 0.872. The molecule has 0 saturated heterocycles. The fourth-order valence-corrected chi connectivity index (χ4v) is 1.87. The van der Waals surface area contributed by atoms with Crippen LogP contribution in [0.5, 0.6) is 0 Å². The Morgan fingerprint density at radius 3 is 2.44 bits per heavy atom. The lowest BCUT2D eigenvalue weighted by Gasteiger charge is -2.23. The maximum atomic E-state index is 13.8. The Labute approximate surface area is 109 Å². The van der Waals surface area contributed by atoms with Crippen LogP contribution >= 0.6 is 0 Å². The highest BCUT2D eigenvalue weighted by molar-refractivity contribution is 5.32. The van der Waals surface area contributed by atoms with Crippen LogP contribution in [-0.2, 0) is 6.54 Å². The molecule has 0 atom stereocenters. The number of halogens is 1. The summed E-state index contributed by atoms with van der Waals surface area (Å²) in [4.78, 5) is 2.11. The number of aliphatic hydroxyl groups is 1. The first-order valence-corrected chi connectivity index (χ1v) is 6.36. The lowest BCUT2D eigenvalue weighted by Crippen LogP contribution is -2.28. The highest BCUT2D eigenvalue weighted by atomic mass is 19.1. The summed E-state index contributed by atoms with van der Waals surface area (Å²) < 4.78 is 13.8. The van der Waals surface area contributed by atoms with Gasteiger partial charge >= 0.3 is 0 Å². The molecule has 1 aromatic carbocycles. The van der Waals surface area contributed by atoms with Crippen molar-refractivity contribution in [3.63, 3.8) is 0 Å². The molecule has 2 nitrogen and oxygen atoms in total. The van der Waals surface area contributed by atoms with Crippen molar-refractivity contribution in [2.24, 2.45) is 0 Å². The molecule has 0 saturated carbocycles. The topological polar surface area (TPSA) is 23.5 Å². The smallest absolute Gasteiger partial charge is 0.129 e. The van der Waals surface area contributed by atoms with Crippen LogP contribution in [0.25, 0.3) is 0 Å². The summed E-state index contributed by atoms with van der Waals surface area (Å²) in [5.74, 6) is -0.108. The molecule has 0 aromatic heterocycles. The first-order chi connectivity index (χ1) is 8.20. The minimum atomic E-state index is -0.651. The highest BCUT2D eigenvalue weighted by Crippen LogP contribution is 2.18. The fourth-order valence-electron chi connectivity index (χ4n) is 1.87. The molecule has 0 unspecified atom stereocenters. The van der Waals surface area contributed by atoms with Crippen molar-refractivity contribution in [1.82, 2.24) is 4.90 Å². The van der Waals surface area contributed by atoms with Gasteiger partial charge in [0.05, 0.1) is 5.60 Å². The second kappa shape index (κ2) is 5.81. The third-order valence-corrected chi connectivity index (χ3v) is 3.24. The van der Waals surface area contributed by atoms with Gasteiger partial charge in [-0.1, -0.05) is 12.1 Å². The van der Waals surface area contributed by atoms with Crippen LogP contribution < -0.4 is 0 Å². The number of rotatable bonds is 5. The van der Waals surface area contributed by atoms with Gasteiger partial charge in [-0.05, 0) is 57.9 Å². The zero-order valence-electron chi connectivity index (χ0n) is 12.0. The summed E-state index contributed by atoms with van der Waals surface area (Å²) in [5, 5.41) is 9.68. The maximum absolute atomic E-state index is 13.8. The molecule has 18 heavy (non-hydrogen) atoms. The van der Waals surface area contributed by atoms with Gasteiger partial charge in [0.1, 0.15) is 5.82 Å². The van der Waals surface area contributed by atoms with E-state index in [9.17, 15) is 9.50 Å². The van der Waals surface area contributed by atoms with Crippen molar-refractivity contribution >= 4 is 0 Å². The van der Waals surface area contributed by atoms with Gasteiger partial charge in [-0.15, -0.1) is 0 Å². The zero-order chi connectivity index (χ0) is 13.9. The molecule has 0 heterocycles. The minimum Gasteiger partial charge on any atom is -0.390 e. The van der Waals surface area contributed by atoms with Crippen LogP contribution in [0, 0.1) is 19.7 Å². The number of hydrogen-bond donors (Lipinski definition) is 1. The van der Waals surface area contributed by atoms with Crippen molar-refractivity contribution < 1.29 is 9.50 Å². The van der Waals surface area contributed by atoms with E-state index in [4.69, 9.17) is 0 Å². The lowest BCUT2D eigenvalue weighted by molar-refractivity contribution is 0.0599. The first-order valence-electron chi connectivity index (χ1n) is 6.36. The average Bonchev–Trinajstić information content (AvgIpc) is 2.26. The molecule has 0 bridgehead atoms. The molecule has 0 fully saturated rings. The predicted octanol–water partition coefficient (Wildman–Crippen LogP) is 3.04. The largest absolute Gasteiger partial charge is 0.390 e. The van der Waals surface area contributed by atoms with E-state index in [2.05, 4.69) is 4.90 Å². The summed E-state index contributed by atoms with van der Waals surface area (Å²) in [7, 11) is 1.99. The molecule has 1 N–H and O–H groups in total. The Hall–Kier alpha value is -0.930. The van der Waals surface area contributed by atoms with Gasteiger partial charge in [0.25, 0.3) is 0 Å². The Balaban J connectivity index is 2.65. The van der Waals surface area contributed by atoms with Gasteiger partial charge in [0.15, 0.2) is 0 Å². The number of hydrogen-bond acceptors (Lipinski definition) is 2. The van der Waals surface area contributed by atoms with E-state index >= 15 is 0 Å². The van der Waals surface area contributed by atoms with Gasteiger partial charge in [0.2, 0.25) is 0 Å². The Bertz CT molecular complexity index is 410. The van der Waals surface area contributed by atoms with E-state index < -0.39 is 5.60 Å². The summed E-state index contributed by atoms with van der Waals surface area (Å²) in [5.41, 5.74) is 1.78.